The molecular formula is C11H21NO2. The summed E-state index contributed by atoms with van der Waals surface area (Å²) < 4.78 is 11.3. The van der Waals surface area contributed by atoms with Gasteiger partial charge in [0.1, 0.15) is 0 Å². The van der Waals surface area contributed by atoms with Gasteiger partial charge in [-0.05, 0) is 12.3 Å². The van der Waals surface area contributed by atoms with Gasteiger partial charge in [-0.15, -0.1) is 0 Å². The van der Waals surface area contributed by atoms with Crippen LogP contribution in [0.5, 0.6) is 0 Å². The van der Waals surface area contributed by atoms with E-state index in [0.29, 0.717) is 6.54 Å². The van der Waals surface area contributed by atoms with Crippen LogP contribution in [0.25, 0.3) is 0 Å². The third-order valence-electron chi connectivity index (χ3n) is 3.41. The summed E-state index contributed by atoms with van der Waals surface area (Å²) in [5, 5.41) is 0. The maximum Gasteiger partial charge on any atom is 0.0847 e. The molecule has 0 spiro atoms. The highest BCUT2D eigenvalue weighted by molar-refractivity contribution is 4.85. The largest absolute Gasteiger partial charge is 0.381 e. The van der Waals surface area contributed by atoms with E-state index in [4.69, 9.17) is 15.2 Å². The molecule has 2 aliphatic rings. The maximum absolute atomic E-state index is 5.97. The summed E-state index contributed by atoms with van der Waals surface area (Å²) in [6.07, 6.45) is 5.97. The minimum absolute atomic E-state index is 0.0624. The summed E-state index contributed by atoms with van der Waals surface area (Å²) in [7, 11) is 0. The van der Waals surface area contributed by atoms with E-state index in [1.807, 2.05) is 0 Å². The second-order valence-corrected chi connectivity index (χ2v) is 4.58. The quantitative estimate of drug-likeness (QED) is 0.726. The van der Waals surface area contributed by atoms with Gasteiger partial charge in [0, 0.05) is 39.2 Å². The van der Waals surface area contributed by atoms with E-state index in [1.165, 1.54) is 19.3 Å². The highest BCUT2D eigenvalue weighted by atomic mass is 16.5. The van der Waals surface area contributed by atoms with Crippen molar-refractivity contribution in [2.45, 2.75) is 37.7 Å². The van der Waals surface area contributed by atoms with E-state index >= 15 is 0 Å². The van der Waals surface area contributed by atoms with E-state index in [0.717, 1.165) is 38.6 Å². The van der Waals surface area contributed by atoms with Crippen LogP contribution in [0, 0.1) is 5.92 Å². The Morgan fingerprint density at radius 2 is 2.00 bits per heavy atom. The molecule has 0 aromatic carbocycles. The van der Waals surface area contributed by atoms with Crippen LogP contribution in [-0.4, -0.2) is 32.0 Å². The first-order chi connectivity index (χ1) is 6.85. The zero-order valence-corrected chi connectivity index (χ0v) is 8.84. The first kappa shape index (κ1) is 10.4. The summed E-state index contributed by atoms with van der Waals surface area (Å²) in [4.78, 5) is 0. The molecule has 0 atom stereocenters. The minimum Gasteiger partial charge on any atom is -0.381 e. The van der Waals surface area contributed by atoms with Gasteiger partial charge < -0.3 is 15.2 Å². The van der Waals surface area contributed by atoms with Crippen LogP contribution in [0.4, 0.5) is 0 Å². The molecule has 0 amide bonds. The molecule has 3 heteroatoms. The standard InChI is InChI=1S/C11H21NO2/c12-9-11(4-7-13-8-5-11)14-6-3-10-1-2-10/h10H,1-9,12H2. The fourth-order valence-corrected chi connectivity index (χ4v) is 2.00. The topological polar surface area (TPSA) is 44.5 Å². The first-order valence-corrected chi connectivity index (χ1v) is 5.76. The Balaban J connectivity index is 1.71. The van der Waals surface area contributed by atoms with Crippen molar-refractivity contribution in [1.82, 2.24) is 0 Å². The van der Waals surface area contributed by atoms with Crippen molar-refractivity contribution in [3.05, 3.63) is 0 Å². The van der Waals surface area contributed by atoms with Crippen LogP contribution >= 0.6 is 0 Å². The molecule has 1 saturated heterocycles. The van der Waals surface area contributed by atoms with Gasteiger partial charge in [-0.2, -0.15) is 0 Å². The van der Waals surface area contributed by atoms with Crippen LogP contribution in [0.2, 0.25) is 0 Å². The number of nitrogens with two attached hydrogens (primary N) is 1. The molecule has 1 aliphatic heterocycles. The SMILES string of the molecule is NCC1(OCCC2CC2)CCOCC1. The molecular weight excluding hydrogens is 178 g/mol. The molecule has 1 saturated carbocycles. The Morgan fingerprint density at radius 3 is 2.57 bits per heavy atom. The Hall–Kier alpha value is -0.120. The van der Waals surface area contributed by atoms with Crippen molar-refractivity contribution in [3.8, 4) is 0 Å². The van der Waals surface area contributed by atoms with Crippen LogP contribution in [0.1, 0.15) is 32.1 Å². The van der Waals surface area contributed by atoms with Crippen molar-refractivity contribution >= 4 is 0 Å². The summed E-state index contributed by atoms with van der Waals surface area (Å²) in [5.74, 6) is 0.949. The fourth-order valence-electron chi connectivity index (χ4n) is 2.00. The molecule has 0 radical (unpaired) electrons. The van der Waals surface area contributed by atoms with Crippen molar-refractivity contribution in [3.63, 3.8) is 0 Å². The molecule has 2 fully saturated rings. The van der Waals surface area contributed by atoms with Gasteiger partial charge in [0.25, 0.3) is 0 Å². The lowest BCUT2D eigenvalue weighted by Crippen LogP contribution is -2.45. The molecule has 82 valence electrons. The van der Waals surface area contributed by atoms with Crippen molar-refractivity contribution in [2.24, 2.45) is 11.7 Å². The van der Waals surface area contributed by atoms with E-state index in [9.17, 15) is 0 Å². The van der Waals surface area contributed by atoms with Gasteiger partial charge in [-0.25, -0.2) is 0 Å². The molecule has 0 bridgehead atoms. The molecule has 0 aromatic rings. The van der Waals surface area contributed by atoms with Gasteiger partial charge >= 0.3 is 0 Å². The highest BCUT2D eigenvalue weighted by Gasteiger charge is 2.32. The van der Waals surface area contributed by atoms with Crippen molar-refractivity contribution in [1.29, 1.82) is 0 Å². The van der Waals surface area contributed by atoms with Crippen molar-refractivity contribution < 1.29 is 9.47 Å². The third-order valence-corrected chi connectivity index (χ3v) is 3.41. The van der Waals surface area contributed by atoms with Crippen LogP contribution in [0.3, 0.4) is 0 Å². The van der Waals surface area contributed by atoms with E-state index < -0.39 is 0 Å². The van der Waals surface area contributed by atoms with Crippen molar-refractivity contribution in [2.75, 3.05) is 26.4 Å². The lowest BCUT2D eigenvalue weighted by molar-refractivity contribution is -0.106. The lowest BCUT2D eigenvalue weighted by atomic mass is 9.94. The third kappa shape index (κ3) is 2.69. The molecule has 0 aromatic heterocycles. The predicted molar refractivity (Wildman–Crippen MR) is 55.1 cm³/mol. The Morgan fingerprint density at radius 1 is 1.29 bits per heavy atom. The highest BCUT2D eigenvalue weighted by Crippen LogP contribution is 2.33. The van der Waals surface area contributed by atoms with Crippen LogP contribution in [0.15, 0.2) is 0 Å². The van der Waals surface area contributed by atoms with Gasteiger partial charge in [0.15, 0.2) is 0 Å². The minimum atomic E-state index is -0.0624. The monoisotopic (exact) mass is 199 g/mol. The predicted octanol–water partition coefficient (Wildman–Crippen LogP) is 1.31. The second kappa shape index (κ2) is 4.60. The maximum atomic E-state index is 5.97. The van der Waals surface area contributed by atoms with E-state index in [1.54, 1.807) is 0 Å². The Labute approximate surface area is 85.9 Å². The Bertz CT molecular complexity index is 174. The summed E-state index contributed by atoms with van der Waals surface area (Å²) in [6.45, 7) is 3.14. The lowest BCUT2D eigenvalue weighted by Gasteiger charge is -2.36. The van der Waals surface area contributed by atoms with Gasteiger partial charge in [0.05, 0.1) is 5.60 Å². The van der Waals surface area contributed by atoms with E-state index in [2.05, 4.69) is 0 Å². The number of rotatable bonds is 5. The van der Waals surface area contributed by atoms with Gasteiger partial charge in [-0.1, -0.05) is 12.8 Å². The molecule has 2 rings (SSSR count). The summed E-state index contributed by atoms with van der Waals surface area (Å²) in [6, 6.07) is 0. The number of hydrogen-bond acceptors (Lipinski definition) is 3. The van der Waals surface area contributed by atoms with Gasteiger partial charge in [0.2, 0.25) is 0 Å². The van der Waals surface area contributed by atoms with Crippen LogP contribution < -0.4 is 5.73 Å². The summed E-state index contributed by atoms with van der Waals surface area (Å²) >= 11 is 0. The fraction of sp³-hybridized carbons (Fsp3) is 1.00. The molecule has 0 unspecified atom stereocenters. The van der Waals surface area contributed by atoms with E-state index in [-0.39, 0.29) is 5.60 Å². The normalized spacial score (nSPS) is 26.4. The zero-order valence-electron chi connectivity index (χ0n) is 8.84. The number of hydrogen-bond donors (Lipinski definition) is 1. The second-order valence-electron chi connectivity index (χ2n) is 4.58. The molecule has 2 N–H and O–H groups in total. The smallest absolute Gasteiger partial charge is 0.0847 e. The molecule has 14 heavy (non-hydrogen) atoms. The summed E-state index contributed by atoms with van der Waals surface area (Å²) in [5.41, 5.74) is 5.73. The van der Waals surface area contributed by atoms with Crippen LogP contribution in [-0.2, 0) is 9.47 Å². The average Bonchev–Trinajstić information content (AvgIpc) is 3.03. The first-order valence-electron chi connectivity index (χ1n) is 5.76. The molecule has 3 nitrogen and oxygen atoms in total. The molecule has 1 aliphatic carbocycles. The van der Waals surface area contributed by atoms with Gasteiger partial charge in [-0.3, -0.25) is 0 Å². The average molecular weight is 199 g/mol. The zero-order chi connectivity index (χ0) is 9.86. The number of ether oxygens (including phenoxy) is 2. The Kier molecular flexibility index (Phi) is 3.42. The molecule has 1 heterocycles.